The first-order valence-electron chi connectivity index (χ1n) is 6.70. The van der Waals surface area contributed by atoms with Gasteiger partial charge in [-0.25, -0.2) is 4.98 Å². The molecule has 21 heavy (non-hydrogen) atoms. The number of aromatic nitrogens is 2. The maximum atomic E-state index is 11.7. The van der Waals surface area contributed by atoms with Gasteiger partial charge < -0.3 is 15.4 Å². The quantitative estimate of drug-likeness (QED) is 0.847. The molecule has 0 aliphatic rings. The van der Waals surface area contributed by atoms with E-state index in [1.807, 2.05) is 25.1 Å². The molecule has 0 atom stereocenters. The number of ether oxygens (including phenoxy) is 1. The Bertz CT molecular complexity index is 599. The number of rotatable bonds is 6. The lowest BCUT2D eigenvalue weighted by molar-refractivity contribution is 0.0951. The third kappa shape index (κ3) is 4.17. The maximum Gasteiger partial charge on any atom is 0.269 e. The van der Waals surface area contributed by atoms with Gasteiger partial charge >= 0.3 is 0 Å². The second-order valence-corrected chi connectivity index (χ2v) is 4.35. The maximum absolute atomic E-state index is 11.7. The summed E-state index contributed by atoms with van der Waals surface area (Å²) in [4.78, 5) is 19.9. The van der Waals surface area contributed by atoms with Gasteiger partial charge in [0.25, 0.3) is 5.91 Å². The molecule has 6 heteroatoms. The summed E-state index contributed by atoms with van der Waals surface area (Å²) in [5.74, 6) is 0.411. The molecule has 0 radical (unpaired) electrons. The second-order valence-electron chi connectivity index (χ2n) is 4.35. The zero-order valence-electron chi connectivity index (χ0n) is 12.1. The van der Waals surface area contributed by atoms with E-state index >= 15 is 0 Å². The minimum absolute atomic E-state index is 0.174. The molecule has 2 aromatic heterocycles. The van der Waals surface area contributed by atoms with Crippen LogP contribution in [0.1, 0.15) is 23.0 Å². The highest BCUT2D eigenvalue weighted by atomic mass is 16.5. The van der Waals surface area contributed by atoms with E-state index in [2.05, 4.69) is 20.6 Å². The van der Waals surface area contributed by atoms with E-state index in [1.54, 1.807) is 25.6 Å². The Morgan fingerprint density at radius 3 is 2.81 bits per heavy atom. The lowest BCUT2D eigenvalue weighted by Gasteiger charge is -2.08. The van der Waals surface area contributed by atoms with Crippen molar-refractivity contribution in [3.8, 4) is 5.88 Å². The molecule has 0 spiro atoms. The van der Waals surface area contributed by atoms with E-state index in [0.717, 1.165) is 11.3 Å². The summed E-state index contributed by atoms with van der Waals surface area (Å²) >= 11 is 0. The normalized spacial score (nSPS) is 10.0. The summed E-state index contributed by atoms with van der Waals surface area (Å²) in [5, 5.41) is 5.96. The third-order valence-electron chi connectivity index (χ3n) is 2.83. The van der Waals surface area contributed by atoms with Gasteiger partial charge in [0, 0.05) is 37.2 Å². The van der Waals surface area contributed by atoms with Crippen molar-refractivity contribution in [1.29, 1.82) is 0 Å². The van der Waals surface area contributed by atoms with E-state index < -0.39 is 0 Å². The molecular weight excluding hydrogens is 268 g/mol. The number of hydrogen-bond acceptors (Lipinski definition) is 5. The summed E-state index contributed by atoms with van der Waals surface area (Å²) < 4.78 is 5.01. The molecule has 0 fully saturated rings. The number of nitrogens with one attached hydrogen (secondary N) is 2. The zero-order chi connectivity index (χ0) is 15.1. The number of methoxy groups -OCH3 is 1. The molecule has 0 aromatic carbocycles. The van der Waals surface area contributed by atoms with Crippen LogP contribution in [0.25, 0.3) is 0 Å². The molecule has 1 amide bonds. The molecule has 0 aliphatic heterocycles. The van der Waals surface area contributed by atoms with Crippen LogP contribution in [0.5, 0.6) is 5.88 Å². The summed E-state index contributed by atoms with van der Waals surface area (Å²) in [6.45, 7) is 3.06. The predicted octanol–water partition coefficient (Wildman–Crippen LogP) is 1.85. The Hall–Kier alpha value is -2.63. The first kappa shape index (κ1) is 14.8. The van der Waals surface area contributed by atoms with E-state index in [1.165, 1.54) is 0 Å². The van der Waals surface area contributed by atoms with Crippen LogP contribution >= 0.6 is 0 Å². The Balaban J connectivity index is 1.99. The van der Waals surface area contributed by atoms with Gasteiger partial charge in [-0.15, -0.1) is 0 Å². The number of hydrogen-bond donors (Lipinski definition) is 2. The first-order chi connectivity index (χ1) is 10.2. The lowest BCUT2D eigenvalue weighted by Crippen LogP contribution is -2.23. The molecule has 2 N–H and O–H groups in total. The smallest absolute Gasteiger partial charge is 0.269 e. The van der Waals surface area contributed by atoms with E-state index in [0.29, 0.717) is 24.7 Å². The molecule has 2 aromatic rings. The Labute approximate surface area is 123 Å². The molecule has 110 valence electrons. The molecule has 0 bridgehead atoms. The van der Waals surface area contributed by atoms with Gasteiger partial charge in [-0.3, -0.25) is 9.78 Å². The number of carbonyl (C=O) groups excluding carboxylic acids is 1. The van der Waals surface area contributed by atoms with E-state index in [9.17, 15) is 4.79 Å². The number of anilines is 1. The van der Waals surface area contributed by atoms with Gasteiger partial charge in [0.15, 0.2) is 0 Å². The van der Waals surface area contributed by atoms with Crippen molar-refractivity contribution < 1.29 is 9.53 Å². The van der Waals surface area contributed by atoms with E-state index in [-0.39, 0.29) is 5.91 Å². The van der Waals surface area contributed by atoms with Crippen molar-refractivity contribution in [1.82, 2.24) is 15.3 Å². The molecule has 0 saturated heterocycles. The van der Waals surface area contributed by atoms with E-state index in [4.69, 9.17) is 4.74 Å². The molecule has 2 heterocycles. The largest absolute Gasteiger partial charge is 0.481 e. The average Bonchev–Trinajstić information content (AvgIpc) is 2.54. The Morgan fingerprint density at radius 2 is 2.14 bits per heavy atom. The van der Waals surface area contributed by atoms with Crippen molar-refractivity contribution >= 4 is 11.6 Å². The fourth-order valence-electron chi connectivity index (χ4n) is 1.76. The third-order valence-corrected chi connectivity index (χ3v) is 2.83. The molecule has 0 unspecified atom stereocenters. The van der Waals surface area contributed by atoms with Crippen LogP contribution < -0.4 is 15.4 Å². The van der Waals surface area contributed by atoms with Crippen molar-refractivity contribution in [3.05, 3.63) is 47.9 Å². The van der Waals surface area contributed by atoms with Crippen LogP contribution in [0.2, 0.25) is 0 Å². The Morgan fingerprint density at radius 1 is 1.29 bits per heavy atom. The summed E-state index contributed by atoms with van der Waals surface area (Å²) in [5.41, 5.74) is 2.25. The van der Waals surface area contributed by atoms with Gasteiger partial charge in [-0.1, -0.05) is 6.07 Å². The minimum atomic E-state index is -0.174. The highest BCUT2D eigenvalue weighted by Gasteiger charge is 2.06. The summed E-state index contributed by atoms with van der Waals surface area (Å²) in [6, 6.07) is 7.29. The summed E-state index contributed by atoms with van der Waals surface area (Å²) in [6.07, 6.45) is 3.36. The first-order valence-corrected chi connectivity index (χ1v) is 6.70. The average molecular weight is 286 g/mol. The predicted molar refractivity (Wildman–Crippen MR) is 80.4 cm³/mol. The highest BCUT2D eigenvalue weighted by Crippen LogP contribution is 2.11. The molecule has 6 nitrogen and oxygen atoms in total. The molecule has 2 rings (SSSR count). The van der Waals surface area contributed by atoms with Crippen LogP contribution in [0, 0.1) is 0 Å². The monoisotopic (exact) mass is 286 g/mol. The lowest BCUT2D eigenvalue weighted by atomic mass is 10.2. The fourth-order valence-corrected chi connectivity index (χ4v) is 1.76. The van der Waals surface area contributed by atoms with Crippen molar-refractivity contribution in [2.75, 3.05) is 19.0 Å². The Kier molecular flexibility index (Phi) is 5.09. The number of pyridine rings is 2. The molecule has 0 saturated carbocycles. The highest BCUT2D eigenvalue weighted by molar-refractivity contribution is 5.93. The topological polar surface area (TPSA) is 76.1 Å². The standard InChI is InChI=1S/C15H18N4O2/c1-3-16-15(20)13-8-12(6-7-17-13)18-9-11-4-5-14(21-2)19-10-11/h4-8,10H,3,9H2,1-2H3,(H,16,20)(H,17,18). The SMILES string of the molecule is CCNC(=O)c1cc(NCc2ccc(OC)nc2)ccn1. The fraction of sp³-hybridized carbons (Fsp3) is 0.267. The summed E-state index contributed by atoms with van der Waals surface area (Å²) in [7, 11) is 1.58. The molecular formula is C15H18N4O2. The van der Waals surface area contributed by atoms with Gasteiger partial charge in [-0.2, -0.15) is 0 Å². The second kappa shape index (κ2) is 7.23. The van der Waals surface area contributed by atoms with Gasteiger partial charge in [0.2, 0.25) is 5.88 Å². The van der Waals surface area contributed by atoms with Gasteiger partial charge in [-0.05, 0) is 24.6 Å². The van der Waals surface area contributed by atoms with Gasteiger partial charge in [0.05, 0.1) is 7.11 Å². The van der Waals surface area contributed by atoms with Crippen LogP contribution in [0.4, 0.5) is 5.69 Å². The number of amides is 1. The van der Waals surface area contributed by atoms with Crippen LogP contribution in [-0.2, 0) is 6.54 Å². The van der Waals surface area contributed by atoms with Gasteiger partial charge in [0.1, 0.15) is 5.69 Å². The van der Waals surface area contributed by atoms with Crippen molar-refractivity contribution in [2.45, 2.75) is 13.5 Å². The van der Waals surface area contributed by atoms with Crippen molar-refractivity contribution in [3.63, 3.8) is 0 Å². The number of nitrogens with zero attached hydrogens (tertiary/aromatic N) is 2. The van der Waals surface area contributed by atoms with Crippen LogP contribution in [-0.4, -0.2) is 29.5 Å². The van der Waals surface area contributed by atoms with Crippen LogP contribution in [0.3, 0.4) is 0 Å². The zero-order valence-corrected chi connectivity index (χ0v) is 12.1. The minimum Gasteiger partial charge on any atom is -0.481 e. The van der Waals surface area contributed by atoms with Crippen LogP contribution in [0.15, 0.2) is 36.7 Å². The molecule has 0 aliphatic carbocycles. The van der Waals surface area contributed by atoms with Crippen molar-refractivity contribution in [2.24, 2.45) is 0 Å². The number of carbonyl (C=O) groups is 1.